The lowest BCUT2D eigenvalue weighted by Crippen LogP contribution is -2.50. The first-order valence-corrected chi connectivity index (χ1v) is 11.2. The summed E-state index contributed by atoms with van der Waals surface area (Å²) in [6.07, 6.45) is 1.88. The molecule has 1 unspecified atom stereocenters. The predicted octanol–water partition coefficient (Wildman–Crippen LogP) is 3.12. The maximum absolute atomic E-state index is 14.3. The highest BCUT2D eigenvalue weighted by molar-refractivity contribution is 6.30. The van der Waals surface area contributed by atoms with Crippen LogP contribution in [0.3, 0.4) is 0 Å². The summed E-state index contributed by atoms with van der Waals surface area (Å²) in [5, 5.41) is 19.8. The summed E-state index contributed by atoms with van der Waals surface area (Å²) in [5.74, 6) is -1.11. The van der Waals surface area contributed by atoms with Gasteiger partial charge in [0.2, 0.25) is 0 Å². The van der Waals surface area contributed by atoms with E-state index in [1.165, 1.54) is 23.2 Å². The number of hydrogen-bond donors (Lipinski definition) is 1. The molecule has 0 bridgehead atoms. The number of rotatable bonds is 8. The number of carbonyl (C=O) groups is 2. The number of nitriles is 1. The zero-order valence-corrected chi connectivity index (χ0v) is 19.8. The molecule has 0 saturated heterocycles. The van der Waals surface area contributed by atoms with E-state index in [4.69, 9.17) is 16.3 Å². The lowest BCUT2D eigenvalue weighted by molar-refractivity contribution is -0.128. The third kappa shape index (κ3) is 5.25. The maximum Gasteiger partial charge on any atom is 0.275 e. The lowest BCUT2D eigenvalue weighted by Gasteiger charge is -2.26. The highest BCUT2D eigenvalue weighted by atomic mass is 35.5. The van der Waals surface area contributed by atoms with Gasteiger partial charge in [-0.1, -0.05) is 35.0 Å². The monoisotopic (exact) mass is 496 g/mol. The molecule has 1 atom stereocenters. The summed E-state index contributed by atoms with van der Waals surface area (Å²) in [5.41, 5.74) is -0.143. The Labute approximate surface area is 206 Å². The van der Waals surface area contributed by atoms with Crippen molar-refractivity contribution in [2.45, 2.75) is 31.4 Å². The smallest absolute Gasteiger partial charge is 0.275 e. The Bertz CT molecular complexity index is 1320. The minimum atomic E-state index is -0.838. The van der Waals surface area contributed by atoms with E-state index < -0.39 is 23.4 Å². The molecule has 2 amide bonds. The molecule has 4 rings (SSSR count). The van der Waals surface area contributed by atoms with Crippen molar-refractivity contribution < 1.29 is 18.7 Å². The second-order valence-electron chi connectivity index (χ2n) is 8.42. The third-order valence-corrected chi connectivity index (χ3v) is 5.99. The van der Waals surface area contributed by atoms with E-state index in [1.807, 2.05) is 6.07 Å². The molecule has 1 heterocycles. The van der Waals surface area contributed by atoms with E-state index in [2.05, 4.69) is 15.6 Å². The first kappa shape index (κ1) is 24.2. The van der Waals surface area contributed by atoms with Gasteiger partial charge in [0, 0.05) is 13.6 Å². The van der Waals surface area contributed by atoms with Crippen LogP contribution < -0.4 is 10.1 Å². The largest absolute Gasteiger partial charge is 0.480 e. The third-order valence-electron chi connectivity index (χ3n) is 5.70. The van der Waals surface area contributed by atoms with Crippen molar-refractivity contribution in [1.82, 2.24) is 25.2 Å². The molecule has 11 heteroatoms. The second-order valence-corrected chi connectivity index (χ2v) is 8.83. The van der Waals surface area contributed by atoms with Crippen molar-refractivity contribution in [2.24, 2.45) is 0 Å². The van der Waals surface area contributed by atoms with Crippen molar-refractivity contribution in [3.05, 3.63) is 70.8 Å². The number of ether oxygens (including phenoxy) is 1. The number of aromatic nitrogens is 3. The van der Waals surface area contributed by atoms with Crippen LogP contribution in [-0.2, 0) is 4.79 Å². The number of nitrogens with one attached hydrogen (secondary N) is 1. The molecular formula is C24H22ClFN6O3. The SMILES string of the molecule is CC(Oc1ccccc1C#N)C(=O)NC1(CN(C)C(=O)c2cn(-c3cccc(Cl)c3F)nn2)CC1. The first-order chi connectivity index (χ1) is 16.7. The van der Waals surface area contributed by atoms with Crippen molar-refractivity contribution in [1.29, 1.82) is 5.26 Å². The van der Waals surface area contributed by atoms with Gasteiger partial charge in [-0.05, 0) is 44.0 Å². The van der Waals surface area contributed by atoms with Crippen LogP contribution in [-0.4, -0.2) is 56.9 Å². The normalized spacial score (nSPS) is 14.5. The van der Waals surface area contributed by atoms with Gasteiger partial charge in [0.15, 0.2) is 17.6 Å². The fourth-order valence-electron chi connectivity index (χ4n) is 3.61. The van der Waals surface area contributed by atoms with Gasteiger partial charge in [-0.15, -0.1) is 5.10 Å². The molecule has 180 valence electrons. The number of benzene rings is 2. The molecule has 0 radical (unpaired) electrons. The Kier molecular flexibility index (Phi) is 6.71. The molecule has 9 nitrogen and oxygen atoms in total. The number of carbonyl (C=O) groups excluding carboxylic acids is 2. The van der Waals surface area contributed by atoms with Gasteiger partial charge in [0.1, 0.15) is 17.5 Å². The second kappa shape index (κ2) is 9.72. The van der Waals surface area contributed by atoms with Crippen LogP contribution >= 0.6 is 11.6 Å². The average Bonchev–Trinajstić information content (AvgIpc) is 3.41. The molecule has 1 aliphatic carbocycles. The minimum absolute atomic E-state index is 0.0267. The number of hydrogen-bond acceptors (Lipinski definition) is 6. The van der Waals surface area contributed by atoms with Gasteiger partial charge < -0.3 is 15.0 Å². The summed E-state index contributed by atoms with van der Waals surface area (Å²) >= 11 is 5.82. The highest BCUT2D eigenvalue weighted by Crippen LogP contribution is 2.36. The number of para-hydroxylation sites is 1. The van der Waals surface area contributed by atoms with Gasteiger partial charge in [-0.2, -0.15) is 5.26 Å². The fraction of sp³-hybridized carbons (Fsp3) is 0.292. The molecule has 0 aliphatic heterocycles. The maximum atomic E-state index is 14.3. The van der Waals surface area contributed by atoms with Crippen LogP contribution in [0.25, 0.3) is 5.69 Å². The zero-order chi connectivity index (χ0) is 25.2. The summed E-state index contributed by atoms with van der Waals surface area (Å²) in [4.78, 5) is 27.1. The Morgan fingerprint density at radius 2 is 2.06 bits per heavy atom. The molecule has 1 fully saturated rings. The van der Waals surface area contributed by atoms with Crippen molar-refractivity contribution in [3.8, 4) is 17.5 Å². The zero-order valence-electron chi connectivity index (χ0n) is 19.0. The van der Waals surface area contributed by atoms with Crippen molar-refractivity contribution >= 4 is 23.4 Å². The van der Waals surface area contributed by atoms with E-state index >= 15 is 0 Å². The van der Waals surface area contributed by atoms with Crippen LogP contribution in [0.15, 0.2) is 48.7 Å². The topological polar surface area (TPSA) is 113 Å². The number of amides is 2. The Morgan fingerprint density at radius 3 is 2.77 bits per heavy atom. The number of nitrogens with zero attached hydrogens (tertiary/aromatic N) is 5. The highest BCUT2D eigenvalue weighted by Gasteiger charge is 2.46. The van der Waals surface area contributed by atoms with Crippen LogP contribution in [0.4, 0.5) is 4.39 Å². The first-order valence-electron chi connectivity index (χ1n) is 10.8. The molecule has 1 aliphatic rings. The van der Waals surface area contributed by atoms with E-state index in [0.29, 0.717) is 24.2 Å². The van der Waals surface area contributed by atoms with Crippen LogP contribution in [0.5, 0.6) is 5.75 Å². The summed E-state index contributed by atoms with van der Waals surface area (Å²) in [7, 11) is 1.59. The molecular weight excluding hydrogens is 475 g/mol. The van der Waals surface area contributed by atoms with Crippen LogP contribution in [0.1, 0.15) is 35.8 Å². The predicted molar refractivity (Wildman–Crippen MR) is 125 cm³/mol. The van der Waals surface area contributed by atoms with E-state index in [0.717, 1.165) is 4.68 Å². The van der Waals surface area contributed by atoms with Gasteiger partial charge in [0.25, 0.3) is 11.8 Å². The Balaban J connectivity index is 1.38. The summed E-state index contributed by atoms with van der Waals surface area (Å²) < 4.78 is 21.1. The van der Waals surface area contributed by atoms with Gasteiger partial charge >= 0.3 is 0 Å². The van der Waals surface area contributed by atoms with Gasteiger partial charge in [-0.3, -0.25) is 9.59 Å². The standard InChI is InChI=1S/C24H22ClFN6O3/c1-15(35-20-9-4-3-6-16(20)12-27)22(33)28-24(10-11-24)14-31(2)23(34)18-13-32(30-29-18)19-8-5-7-17(25)21(19)26/h3-9,13,15H,10-11,14H2,1-2H3,(H,28,33). The van der Waals surface area contributed by atoms with Gasteiger partial charge in [0.05, 0.1) is 22.3 Å². The lowest BCUT2D eigenvalue weighted by atomic mass is 10.2. The van der Waals surface area contributed by atoms with Crippen molar-refractivity contribution in [3.63, 3.8) is 0 Å². The molecule has 2 aromatic carbocycles. The molecule has 0 spiro atoms. The van der Waals surface area contributed by atoms with E-state index in [1.54, 1.807) is 44.3 Å². The van der Waals surface area contributed by atoms with Crippen molar-refractivity contribution in [2.75, 3.05) is 13.6 Å². The molecule has 1 saturated carbocycles. The fourth-order valence-corrected chi connectivity index (χ4v) is 3.78. The van der Waals surface area contributed by atoms with E-state index in [-0.39, 0.29) is 28.9 Å². The Morgan fingerprint density at radius 1 is 1.31 bits per heavy atom. The average molecular weight is 497 g/mol. The molecule has 35 heavy (non-hydrogen) atoms. The van der Waals surface area contributed by atoms with Gasteiger partial charge in [-0.25, -0.2) is 9.07 Å². The Hall–Kier alpha value is -3.97. The molecule has 1 N–H and O–H groups in total. The quantitative estimate of drug-likeness (QED) is 0.512. The van der Waals surface area contributed by atoms with Crippen LogP contribution in [0.2, 0.25) is 5.02 Å². The summed E-state index contributed by atoms with van der Waals surface area (Å²) in [6, 6.07) is 13.2. The minimum Gasteiger partial charge on any atom is -0.480 e. The number of halogens is 2. The number of likely N-dealkylation sites (N-methyl/N-ethyl adjacent to an activating group) is 1. The van der Waals surface area contributed by atoms with Crippen LogP contribution in [0, 0.1) is 17.1 Å². The molecule has 1 aromatic heterocycles. The summed E-state index contributed by atoms with van der Waals surface area (Å²) in [6.45, 7) is 1.85. The van der Waals surface area contributed by atoms with E-state index in [9.17, 15) is 19.2 Å². The molecule has 3 aromatic rings.